The molecule has 2 saturated heterocycles. The Morgan fingerprint density at radius 2 is 1.91 bits per heavy atom. The third-order valence-corrected chi connectivity index (χ3v) is 4.73. The molecule has 116 valence electrons. The SMILES string of the molecule is c1ccc2nc(NC3CCN(C4CCOCC4)C3)cnc2c1. The monoisotopic (exact) mass is 298 g/mol. The van der Waals surface area contributed by atoms with E-state index in [0.29, 0.717) is 12.1 Å². The number of ether oxygens (including phenoxy) is 1. The predicted octanol–water partition coefficient (Wildman–Crippen LogP) is 2.29. The van der Waals surface area contributed by atoms with Crippen molar-refractivity contribution in [1.82, 2.24) is 14.9 Å². The van der Waals surface area contributed by atoms with Crippen LogP contribution in [0.4, 0.5) is 5.82 Å². The lowest BCUT2D eigenvalue weighted by Gasteiger charge is -2.31. The molecule has 4 rings (SSSR count). The Morgan fingerprint density at radius 1 is 1.09 bits per heavy atom. The number of fused-ring (bicyclic) bond motifs is 1. The van der Waals surface area contributed by atoms with Crippen LogP contribution in [0.5, 0.6) is 0 Å². The zero-order chi connectivity index (χ0) is 14.8. The van der Waals surface area contributed by atoms with Gasteiger partial charge in [-0.15, -0.1) is 0 Å². The summed E-state index contributed by atoms with van der Waals surface area (Å²) >= 11 is 0. The lowest BCUT2D eigenvalue weighted by Crippen LogP contribution is -2.39. The maximum absolute atomic E-state index is 5.46. The molecule has 2 aliphatic heterocycles. The van der Waals surface area contributed by atoms with Gasteiger partial charge >= 0.3 is 0 Å². The molecular weight excluding hydrogens is 276 g/mol. The molecule has 0 spiro atoms. The smallest absolute Gasteiger partial charge is 0.145 e. The van der Waals surface area contributed by atoms with Gasteiger partial charge in [-0.25, -0.2) is 4.98 Å². The van der Waals surface area contributed by atoms with Crippen LogP contribution in [-0.4, -0.2) is 53.3 Å². The van der Waals surface area contributed by atoms with Crippen LogP contribution in [0.15, 0.2) is 30.5 Å². The minimum Gasteiger partial charge on any atom is -0.381 e. The molecular formula is C17H22N4O. The van der Waals surface area contributed by atoms with E-state index in [1.54, 1.807) is 0 Å². The van der Waals surface area contributed by atoms with Gasteiger partial charge in [0, 0.05) is 38.4 Å². The average Bonchev–Trinajstić information content (AvgIpc) is 3.04. The lowest BCUT2D eigenvalue weighted by atomic mass is 10.1. The van der Waals surface area contributed by atoms with Crippen molar-refractivity contribution in [2.75, 3.05) is 31.6 Å². The molecule has 0 aliphatic carbocycles. The number of hydrogen-bond acceptors (Lipinski definition) is 5. The van der Waals surface area contributed by atoms with Gasteiger partial charge in [0.25, 0.3) is 0 Å². The number of nitrogens with one attached hydrogen (secondary N) is 1. The zero-order valence-electron chi connectivity index (χ0n) is 12.7. The van der Waals surface area contributed by atoms with Gasteiger partial charge in [-0.05, 0) is 31.4 Å². The van der Waals surface area contributed by atoms with Crippen LogP contribution in [-0.2, 0) is 4.74 Å². The van der Waals surface area contributed by atoms with Crippen molar-refractivity contribution >= 4 is 16.9 Å². The number of hydrogen-bond donors (Lipinski definition) is 1. The van der Waals surface area contributed by atoms with Crippen molar-refractivity contribution in [3.05, 3.63) is 30.5 Å². The Hall–Kier alpha value is -1.72. The molecule has 22 heavy (non-hydrogen) atoms. The minimum atomic E-state index is 0.471. The molecule has 0 saturated carbocycles. The normalized spacial score (nSPS) is 23.9. The molecule has 5 heteroatoms. The van der Waals surface area contributed by atoms with Gasteiger partial charge in [0.05, 0.1) is 17.2 Å². The van der Waals surface area contributed by atoms with Crippen molar-refractivity contribution in [2.24, 2.45) is 0 Å². The molecule has 2 aromatic rings. The van der Waals surface area contributed by atoms with Crippen molar-refractivity contribution in [3.63, 3.8) is 0 Å². The fraction of sp³-hybridized carbons (Fsp3) is 0.529. The molecule has 1 unspecified atom stereocenters. The molecule has 1 N–H and O–H groups in total. The van der Waals surface area contributed by atoms with Crippen molar-refractivity contribution in [1.29, 1.82) is 0 Å². The Balaban J connectivity index is 1.40. The van der Waals surface area contributed by atoms with E-state index in [4.69, 9.17) is 4.74 Å². The molecule has 1 aromatic carbocycles. The zero-order valence-corrected chi connectivity index (χ0v) is 12.7. The Bertz CT molecular complexity index is 641. The van der Waals surface area contributed by atoms with Crippen LogP contribution in [0.2, 0.25) is 0 Å². The summed E-state index contributed by atoms with van der Waals surface area (Å²) in [5, 5.41) is 3.56. The van der Waals surface area contributed by atoms with E-state index in [-0.39, 0.29) is 0 Å². The average molecular weight is 298 g/mol. The lowest BCUT2D eigenvalue weighted by molar-refractivity contribution is 0.0421. The largest absolute Gasteiger partial charge is 0.381 e. The van der Waals surface area contributed by atoms with E-state index >= 15 is 0 Å². The maximum Gasteiger partial charge on any atom is 0.145 e. The van der Waals surface area contributed by atoms with Crippen molar-refractivity contribution < 1.29 is 4.74 Å². The van der Waals surface area contributed by atoms with Crippen molar-refractivity contribution in [3.8, 4) is 0 Å². The Kier molecular flexibility index (Phi) is 3.91. The predicted molar refractivity (Wildman–Crippen MR) is 87.0 cm³/mol. The van der Waals surface area contributed by atoms with Crippen LogP contribution < -0.4 is 5.32 Å². The second-order valence-corrected chi connectivity index (χ2v) is 6.21. The molecule has 3 heterocycles. The first-order valence-electron chi connectivity index (χ1n) is 8.18. The third-order valence-electron chi connectivity index (χ3n) is 4.73. The van der Waals surface area contributed by atoms with E-state index in [2.05, 4.69) is 20.2 Å². The second-order valence-electron chi connectivity index (χ2n) is 6.21. The summed E-state index contributed by atoms with van der Waals surface area (Å²) in [5.41, 5.74) is 1.90. The Labute approximate surface area is 130 Å². The van der Waals surface area contributed by atoms with Gasteiger partial charge in [0.2, 0.25) is 0 Å². The van der Waals surface area contributed by atoms with Crippen LogP contribution in [0.1, 0.15) is 19.3 Å². The molecule has 0 radical (unpaired) electrons. The summed E-state index contributed by atoms with van der Waals surface area (Å²) in [5.74, 6) is 0.887. The Morgan fingerprint density at radius 3 is 2.77 bits per heavy atom. The van der Waals surface area contributed by atoms with Gasteiger partial charge in [-0.1, -0.05) is 12.1 Å². The molecule has 5 nitrogen and oxygen atoms in total. The summed E-state index contributed by atoms with van der Waals surface area (Å²) < 4.78 is 5.46. The second kappa shape index (κ2) is 6.18. The molecule has 0 amide bonds. The van der Waals surface area contributed by atoms with Crippen LogP contribution in [0.3, 0.4) is 0 Å². The number of anilines is 1. The maximum atomic E-state index is 5.46. The van der Waals surface area contributed by atoms with Crippen LogP contribution >= 0.6 is 0 Å². The van der Waals surface area contributed by atoms with E-state index in [1.165, 1.54) is 25.8 Å². The number of benzene rings is 1. The van der Waals surface area contributed by atoms with Crippen LogP contribution in [0.25, 0.3) is 11.0 Å². The molecule has 2 fully saturated rings. The number of likely N-dealkylation sites (tertiary alicyclic amines) is 1. The van der Waals surface area contributed by atoms with E-state index in [1.807, 2.05) is 30.5 Å². The molecule has 1 atom stereocenters. The highest BCUT2D eigenvalue weighted by Gasteiger charge is 2.29. The van der Waals surface area contributed by atoms with E-state index in [0.717, 1.165) is 36.6 Å². The topological polar surface area (TPSA) is 50.3 Å². The van der Waals surface area contributed by atoms with Gasteiger partial charge in [0.1, 0.15) is 5.82 Å². The summed E-state index contributed by atoms with van der Waals surface area (Å²) in [6.45, 7) is 4.09. The fourth-order valence-corrected chi connectivity index (χ4v) is 3.52. The summed E-state index contributed by atoms with van der Waals surface area (Å²) in [4.78, 5) is 11.7. The first kappa shape index (κ1) is 13.9. The standard InChI is InChI=1S/C17H22N4O/c1-2-4-16-15(3-1)18-11-17(20-16)19-13-5-8-21(12-13)14-6-9-22-10-7-14/h1-4,11,13-14H,5-10,12H2,(H,19,20). The first-order valence-corrected chi connectivity index (χ1v) is 8.18. The first-order chi connectivity index (χ1) is 10.9. The number of para-hydroxylation sites is 2. The third kappa shape index (κ3) is 2.91. The molecule has 2 aliphatic rings. The van der Waals surface area contributed by atoms with E-state index < -0.39 is 0 Å². The van der Waals surface area contributed by atoms with Gasteiger partial charge in [-0.3, -0.25) is 9.88 Å². The highest BCUT2D eigenvalue weighted by atomic mass is 16.5. The van der Waals surface area contributed by atoms with Gasteiger partial charge in [0.15, 0.2) is 0 Å². The summed E-state index contributed by atoms with van der Waals surface area (Å²) in [7, 11) is 0. The summed E-state index contributed by atoms with van der Waals surface area (Å²) in [6.07, 6.45) is 5.36. The van der Waals surface area contributed by atoms with E-state index in [9.17, 15) is 0 Å². The van der Waals surface area contributed by atoms with Gasteiger partial charge < -0.3 is 10.1 Å². The number of aromatic nitrogens is 2. The molecule has 1 aromatic heterocycles. The number of rotatable bonds is 3. The highest BCUT2D eigenvalue weighted by molar-refractivity contribution is 5.75. The quantitative estimate of drug-likeness (QED) is 0.942. The minimum absolute atomic E-state index is 0.471. The van der Waals surface area contributed by atoms with Crippen molar-refractivity contribution in [2.45, 2.75) is 31.3 Å². The summed E-state index contributed by atoms with van der Waals surface area (Å²) in [6, 6.07) is 9.17. The number of nitrogens with zero attached hydrogens (tertiary/aromatic N) is 3. The van der Waals surface area contributed by atoms with Crippen LogP contribution in [0, 0.1) is 0 Å². The molecule has 0 bridgehead atoms. The van der Waals surface area contributed by atoms with Gasteiger partial charge in [-0.2, -0.15) is 0 Å². The fourth-order valence-electron chi connectivity index (χ4n) is 3.52. The highest BCUT2D eigenvalue weighted by Crippen LogP contribution is 2.22.